The van der Waals surface area contributed by atoms with Crippen LogP contribution < -0.4 is 0 Å². The van der Waals surface area contributed by atoms with Crippen LogP contribution in [-0.2, 0) is 0 Å². The minimum atomic E-state index is -0.0451. The number of piperidine rings is 1. The first kappa shape index (κ1) is 17.3. The molecule has 0 N–H and O–H groups in total. The molecule has 5 heteroatoms. The van der Waals surface area contributed by atoms with Crippen molar-refractivity contribution in [3.05, 3.63) is 78.1 Å². The molecular weight excluding hydrogens is 336 g/mol. The molecule has 1 aliphatic rings. The van der Waals surface area contributed by atoms with E-state index in [1.165, 1.54) is 0 Å². The maximum atomic E-state index is 13.2. The number of nitrogens with zero attached hydrogens (tertiary/aromatic N) is 4. The Hall–Kier alpha value is -3.08. The Labute approximate surface area is 159 Å². The fourth-order valence-corrected chi connectivity index (χ4v) is 3.70. The molecule has 0 radical (unpaired) electrons. The first-order valence-corrected chi connectivity index (χ1v) is 9.34. The number of amides is 1. The molecule has 0 unspecified atom stereocenters. The summed E-state index contributed by atoms with van der Waals surface area (Å²) in [5, 5.41) is 0. The maximum Gasteiger partial charge on any atom is 0.254 e. The van der Waals surface area contributed by atoms with E-state index in [0.29, 0.717) is 0 Å². The Kier molecular flexibility index (Phi) is 4.92. The lowest BCUT2D eigenvalue weighted by Gasteiger charge is -2.36. The molecule has 0 saturated carbocycles. The van der Waals surface area contributed by atoms with Gasteiger partial charge in [0.15, 0.2) is 0 Å². The highest BCUT2D eigenvalue weighted by molar-refractivity contribution is 5.94. The van der Waals surface area contributed by atoms with Crippen LogP contribution in [-0.4, -0.2) is 32.3 Å². The molecule has 136 valence electrons. The second-order valence-electron chi connectivity index (χ2n) is 6.83. The highest BCUT2D eigenvalue weighted by Gasteiger charge is 2.31. The van der Waals surface area contributed by atoms with Gasteiger partial charge in [-0.25, -0.2) is 9.97 Å². The standard InChI is InChI=1S/C22H22N4O/c1-16-24-15-19(17-10-12-23-13-11-17)21(25-16)20-9-5-6-14-26(20)22(27)18-7-3-2-4-8-18/h2-4,7-8,10-13,15,20H,5-6,9,14H2,1H3/t20-/m0/s1. The summed E-state index contributed by atoms with van der Waals surface area (Å²) < 4.78 is 0. The number of aromatic nitrogens is 3. The van der Waals surface area contributed by atoms with Gasteiger partial charge in [-0.1, -0.05) is 18.2 Å². The quantitative estimate of drug-likeness (QED) is 0.703. The van der Waals surface area contributed by atoms with E-state index in [2.05, 4.69) is 9.97 Å². The van der Waals surface area contributed by atoms with E-state index in [1.54, 1.807) is 12.4 Å². The van der Waals surface area contributed by atoms with Gasteiger partial charge in [0.25, 0.3) is 5.91 Å². The van der Waals surface area contributed by atoms with Gasteiger partial charge in [0, 0.05) is 36.3 Å². The molecule has 1 fully saturated rings. The summed E-state index contributed by atoms with van der Waals surface area (Å²) in [5.74, 6) is 0.790. The van der Waals surface area contributed by atoms with Crippen LogP contribution in [0.2, 0.25) is 0 Å². The Morgan fingerprint density at radius 3 is 2.63 bits per heavy atom. The lowest BCUT2D eigenvalue weighted by molar-refractivity contribution is 0.0606. The summed E-state index contributed by atoms with van der Waals surface area (Å²) in [4.78, 5) is 28.5. The van der Waals surface area contributed by atoms with Crippen LogP contribution >= 0.6 is 0 Å². The van der Waals surface area contributed by atoms with Gasteiger partial charge >= 0.3 is 0 Å². The maximum absolute atomic E-state index is 13.2. The van der Waals surface area contributed by atoms with Crippen LogP contribution in [0.15, 0.2) is 61.1 Å². The third-order valence-corrected chi connectivity index (χ3v) is 5.03. The number of likely N-dealkylation sites (tertiary alicyclic amines) is 1. The third kappa shape index (κ3) is 3.58. The summed E-state index contributed by atoms with van der Waals surface area (Å²) in [5.41, 5.74) is 3.65. The van der Waals surface area contributed by atoms with Crippen molar-refractivity contribution in [1.29, 1.82) is 0 Å². The van der Waals surface area contributed by atoms with Crippen molar-refractivity contribution < 1.29 is 4.79 Å². The van der Waals surface area contributed by atoms with Crippen molar-refractivity contribution in [3.63, 3.8) is 0 Å². The van der Waals surface area contributed by atoms with Crippen molar-refractivity contribution in [3.8, 4) is 11.1 Å². The van der Waals surface area contributed by atoms with Crippen LogP contribution in [0.5, 0.6) is 0 Å². The second kappa shape index (κ2) is 7.66. The van der Waals surface area contributed by atoms with Crippen LogP contribution in [0.4, 0.5) is 0 Å². The number of carbonyl (C=O) groups excluding carboxylic acids is 1. The third-order valence-electron chi connectivity index (χ3n) is 5.03. The monoisotopic (exact) mass is 358 g/mol. The molecule has 1 saturated heterocycles. The predicted octanol–water partition coefficient (Wildman–Crippen LogP) is 4.21. The molecule has 2 aromatic heterocycles. The lowest BCUT2D eigenvalue weighted by atomic mass is 9.93. The van der Waals surface area contributed by atoms with Gasteiger partial charge in [0.2, 0.25) is 0 Å². The van der Waals surface area contributed by atoms with Gasteiger partial charge in [-0.15, -0.1) is 0 Å². The van der Waals surface area contributed by atoms with Crippen molar-refractivity contribution in [2.45, 2.75) is 32.2 Å². The molecule has 1 aromatic carbocycles. The van der Waals surface area contributed by atoms with Gasteiger partial charge in [-0.2, -0.15) is 0 Å². The average Bonchev–Trinajstić information content (AvgIpc) is 2.74. The van der Waals surface area contributed by atoms with Crippen molar-refractivity contribution >= 4 is 5.91 Å². The Balaban J connectivity index is 1.76. The van der Waals surface area contributed by atoms with E-state index < -0.39 is 0 Å². The fraction of sp³-hybridized carbons (Fsp3) is 0.273. The Bertz CT molecular complexity index is 928. The van der Waals surface area contributed by atoms with Crippen molar-refractivity contribution in [2.24, 2.45) is 0 Å². The minimum absolute atomic E-state index is 0.0451. The summed E-state index contributed by atoms with van der Waals surface area (Å²) in [7, 11) is 0. The molecule has 5 nitrogen and oxygen atoms in total. The predicted molar refractivity (Wildman–Crippen MR) is 104 cm³/mol. The zero-order valence-electron chi connectivity index (χ0n) is 15.4. The SMILES string of the molecule is Cc1ncc(-c2ccncc2)c([C@@H]2CCCCN2C(=O)c2ccccc2)n1. The van der Waals surface area contributed by atoms with Gasteiger partial charge in [0.1, 0.15) is 5.82 Å². The van der Waals surface area contributed by atoms with Crippen LogP contribution in [0.3, 0.4) is 0 Å². The molecule has 4 rings (SSSR count). The highest BCUT2D eigenvalue weighted by atomic mass is 16.2. The zero-order chi connectivity index (χ0) is 18.6. The number of hydrogen-bond acceptors (Lipinski definition) is 4. The molecule has 27 heavy (non-hydrogen) atoms. The molecule has 3 heterocycles. The number of benzene rings is 1. The minimum Gasteiger partial charge on any atom is -0.330 e. The summed E-state index contributed by atoms with van der Waals surface area (Å²) in [6.45, 7) is 2.64. The number of rotatable bonds is 3. The Morgan fingerprint density at radius 1 is 1.07 bits per heavy atom. The summed E-state index contributed by atoms with van der Waals surface area (Å²) >= 11 is 0. The second-order valence-corrected chi connectivity index (χ2v) is 6.83. The summed E-state index contributed by atoms with van der Waals surface area (Å²) in [6, 6.07) is 13.4. The molecule has 1 atom stereocenters. The van der Waals surface area contributed by atoms with Gasteiger partial charge in [0.05, 0.1) is 11.7 Å². The average molecular weight is 358 g/mol. The molecule has 1 amide bonds. The van der Waals surface area contributed by atoms with E-state index >= 15 is 0 Å². The zero-order valence-corrected chi connectivity index (χ0v) is 15.4. The molecule has 3 aromatic rings. The fourth-order valence-electron chi connectivity index (χ4n) is 3.70. The smallest absolute Gasteiger partial charge is 0.254 e. The van der Waals surface area contributed by atoms with E-state index in [9.17, 15) is 4.79 Å². The van der Waals surface area contributed by atoms with Gasteiger partial charge in [-0.05, 0) is 56.0 Å². The number of pyridine rings is 1. The van der Waals surface area contributed by atoms with Crippen molar-refractivity contribution in [2.75, 3.05) is 6.54 Å². The molecule has 0 spiro atoms. The van der Waals surface area contributed by atoms with E-state index in [4.69, 9.17) is 4.98 Å². The highest BCUT2D eigenvalue weighted by Crippen LogP contribution is 2.36. The van der Waals surface area contributed by atoms with E-state index in [-0.39, 0.29) is 11.9 Å². The van der Waals surface area contributed by atoms with Crippen LogP contribution in [0, 0.1) is 6.92 Å². The Morgan fingerprint density at radius 2 is 1.85 bits per heavy atom. The van der Waals surface area contributed by atoms with E-state index in [0.717, 1.165) is 54.0 Å². The number of aryl methyl sites for hydroxylation is 1. The molecular formula is C22H22N4O. The van der Waals surface area contributed by atoms with Crippen LogP contribution in [0.25, 0.3) is 11.1 Å². The molecule has 0 aliphatic carbocycles. The topological polar surface area (TPSA) is 59.0 Å². The molecule has 0 bridgehead atoms. The number of carbonyl (C=O) groups is 1. The van der Waals surface area contributed by atoms with Gasteiger partial charge in [-0.3, -0.25) is 9.78 Å². The normalized spacial score (nSPS) is 16.9. The number of hydrogen-bond donors (Lipinski definition) is 0. The first-order chi connectivity index (χ1) is 13.2. The van der Waals surface area contributed by atoms with Gasteiger partial charge < -0.3 is 4.90 Å². The largest absolute Gasteiger partial charge is 0.330 e. The van der Waals surface area contributed by atoms with E-state index in [1.807, 2.05) is 60.5 Å². The molecule has 1 aliphatic heterocycles. The first-order valence-electron chi connectivity index (χ1n) is 9.34. The van der Waals surface area contributed by atoms with Crippen molar-refractivity contribution in [1.82, 2.24) is 19.9 Å². The lowest BCUT2D eigenvalue weighted by Crippen LogP contribution is -2.39. The summed E-state index contributed by atoms with van der Waals surface area (Å²) in [6.07, 6.45) is 8.42. The van der Waals surface area contributed by atoms with Crippen LogP contribution in [0.1, 0.15) is 47.2 Å².